The van der Waals surface area contributed by atoms with Crippen molar-refractivity contribution in [1.82, 2.24) is 5.32 Å². The van der Waals surface area contributed by atoms with Crippen LogP contribution in [0.4, 0.5) is 0 Å². The molecule has 1 aliphatic heterocycles. The van der Waals surface area contributed by atoms with Crippen molar-refractivity contribution in [1.29, 1.82) is 0 Å². The highest BCUT2D eigenvalue weighted by atomic mass is 16.5. The molecule has 0 aliphatic carbocycles. The predicted molar refractivity (Wildman–Crippen MR) is 64.0 cm³/mol. The van der Waals surface area contributed by atoms with Gasteiger partial charge in [0.15, 0.2) is 0 Å². The van der Waals surface area contributed by atoms with Crippen molar-refractivity contribution < 1.29 is 9.53 Å². The lowest BCUT2D eigenvalue weighted by atomic mass is 9.88. The van der Waals surface area contributed by atoms with Crippen LogP contribution in [0.25, 0.3) is 0 Å². The summed E-state index contributed by atoms with van der Waals surface area (Å²) in [4.78, 5) is 11.6. The minimum atomic E-state index is -0.248. The van der Waals surface area contributed by atoms with Gasteiger partial charge in [-0.1, -0.05) is 20.8 Å². The Kier molecular flexibility index (Phi) is 4.74. The number of amides is 1. The van der Waals surface area contributed by atoms with Gasteiger partial charge in [0, 0.05) is 19.2 Å². The number of carbonyl (C=O) groups excluding carboxylic acids is 1. The number of ether oxygens (including phenoxy) is 1. The van der Waals surface area contributed by atoms with E-state index in [1.807, 2.05) is 0 Å². The maximum Gasteiger partial charge on any atom is 0.249 e. The average molecular weight is 228 g/mol. The molecule has 94 valence electrons. The smallest absolute Gasteiger partial charge is 0.249 e. The maximum absolute atomic E-state index is 11.6. The predicted octanol–water partition coefficient (Wildman–Crippen LogP) is 1.05. The van der Waals surface area contributed by atoms with Crippen LogP contribution in [-0.4, -0.2) is 31.2 Å². The van der Waals surface area contributed by atoms with Gasteiger partial charge in [-0.2, -0.15) is 0 Å². The van der Waals surface area contributed by atoms with Gasteiger partial charge < -0.3 is 15.8 Å². The van der Waals surface area contributed by atoms with Gasteiger partial charge in [0.25, 0.3) is 0 Å². The molecule has 4 heteroatoms. The largest absolute Gasteiger partial charge is 0.368 e. The quantitative estimate of drug-likeness (QED) is 0.756. The molecule has 0 radical (unpaired) electrons. The molecular formula is C12H24N2O2. The van der Waals surface area contributed by atoms with Crippen LogP contribution in [0.3, 0.4) is 0 Å². The zero-order valence-electron chi connectivity index (χ0n) is 10.6. The molecule has 0 spiro atoms. The van der Waals surface area contributed by atoms with Gasteiger partial charge in [0.2, 0.25) is 5.91 Å². The number of rotatable bonds is 4. The summed E-state index contributed by atoms with van der Waals surface area (Å²) in [5, 5.41) is 2.86. The fraction of sp³-hybridized carbons (Fsp3) is 0.917. The van der Waals surface area contributed by atoms with Gasteiger partial charge in [0.1, 0.15) is 6.10 Å². The molecule has 1 aliphatic rings. The summed E-state index contributed by atoms with van der Waals surface area (Å²) in [5.41, 5.74) is 6.15. The number of hydrogen-bond acceptors (Lipinski definition) is 3. The second kappa shape index (κ2) is 5.64. The molecule has 4 nitrogen and oxygen atoms in total. The van der Waals surface area contributed by atoms with Crippen molar-refractivity contribution in [3.05, 3.63) is 0 Å². The Morgan fingerprint density at radius 3 is 2.75 bits per heavy atom. The Bertz CT molecular complexity index is 230. The fourth-order valence-corrected chi connectivity index (χ4v) is 1.99. The Morgan fingerprint density at radius 1 is 1.56 bits per heavy atom. The Labute approximate surface area is 97.9 Å². The molecule has 1 saturated heterocycles. The third kappa shape index (κ3) is 4.94. The second-order valence-corrected chi connectivity index (χ2v) is 5.77. The van der Waals surface area contributed by atoms with Gasteiger partial charge in [-0.3, -0.25) is 4.79 Å². The maximum atomic E-state index is 11.6. The highest BCUT2D eigenvalue weighted by Crippen LogP contribution is 2.19. The van der Waals surface area contributed by atoms with E-state index in [0.29, 0.717) is 13.2 Å². The molecular weight excluding hydrogens is 204 g/mol. The standard InChI is InChI=1S/C12H24N2O2/c1-12(2,3)7-9(13)8-14-11(15)10-5-4-6-16-10/h9-10H,4-8,13H2,1-3H3,(H,14,15). The third-order valence-electron chi connectivity index (χ3n) is 2.64. The van der Waals surface area contributed by atoms with E-state index < -0.39 is 0 Å². The Balaban J connectivity index is 2.20. The van der Waals surface area contributed by atoms with E-state index in [1.165, 1.54) is 0 Å². The molecule has 0 aromatic heterocycles. The van der Waals surface area contributed by atoms with Crippen molar-refractivity contribution >= 4 is 5.91 Å². The fourth-order valence-electron chi connectivity index (χ4n) is 1.99. The van der Waals surface area contributed by atoms with Crippen LogP contribution in [0.15, 0.2) is 0 Å². The van der Waals surface area contributed by atoms with Crippen molar-refractivity contribution in [2.45, 2.75) is 52.2 Å². The normalized spacial score (nSPS) is 23.1. The average Bonchev–Trinajstić information content (AvgIpc) is 2.64. The van der Waals surface area contributed by atoms with Crippen molar-refractivity contribution in [3.8, 4) is 0 Å². The van der Waals surface area contributed by atoms with Crippen LogP contribution in [0, 0.1) is 5.41 Å². The van der Waals surface area contributed by atoms with Crippen LogP contribution in [0.5, 0.6) is 0 Å². The number of carbonyl (C=O) groups is 1. The summed E-state index contributed by atoms with van der Waals surface area (Å²) >= 11 is 0. The minimum absolute atomic E-state index is 0.0122. The summed E-state index contributed by atoms with van der Waals surface area (Å²) in [6.45, 7) is 7.68. The molecule has 1 fully saturated rings. The van der Waals surface area contributed by atoms with Gasteiger partial charge in [0.05, 0.1) is 0 Å². The monoisotopic (exact) mass is 228 g/mol. The van der Waals surface area contributed by atoms with Crippen LogP contribution in [0.2, 0.25) is 0 Å². The first kappa shape index (κ1) is 13.5. The first-order valence-corrected chi connectivity index (χ1v) is 6.03. The minimum Gasteiger partial charge on any atom is -0.368 e. The number of nitrogens with two attached hydrogens (primary N) is 1. The SMILES string of the molecule is CC(C)(C)CC(N)CNC(=O)C1CCCO1. The summed E-state index contributed by atoms with van der Waals surface area (Å²) in [6, 6.07) is 0.0188. The highest BCUT2D eigenvalue weighted by molar-refractivity contribution is 5.80. The lowest BCUT2D eigenvalue weighted by molar-refractivity contribution is -0.130. The molecule has 2 atom stereocenters. The molecule has 0 bridgehead atoms. The van der Waals surface area contributed by atoms with Gasteiger partial charge in [-0.05, 0) is 24.7 Å². The van der Waals surface area contributed by atoms with Crippen LogP contribution in [0.1, 0.15) is 40.0 Å². The zero-order valence-corrected chi connectivity index (χ0v) is 10.6. The molecule has 0 saturated carbocycles. The third-order valence-corrected chi connectivity index (χ3v) is 2.64. The van der Waals surface area contributed by atoms with E-state index in [4.69, 9.17) is 10.5 Å². The summed E-state index contributed by atoms with van der Waals surface area (Å²) in [6.07, 6.45) is 2.47. The molecule has 2 unspecified atom stereocenters. The van der Waals surface area contributed by atoms with Crippen molar-refractivity contribution in [3.63, 3.8) is 0 Å². The number of nitrogens with one attached hydrogen (secondary N) is 1. The lowest BCUT2D eigenvalue weighted by Gasteiger charge is -2.23. The van der Waals surface area contributed by atoms with E-state index in [2.05, 4.69) is 26.1 Å². The molecule has 1 rings (SSSR count). The zero-order chi connectivity index (χ0) is 12.2. The summed E-state index contributed by atoms with van der Waals surface area (Å²) < 4.78 is 5.30. The Hall–Kier alpha value is -0.610. The van der Waals surface area contributed by atoms with Crippen molar-refractivity contribution in [2.24, 2.45) is 11.1 Å². The van der Waals surface area contributed by atoms with E-state index in [-0.39, 0.29) is 23.5 Å². The van der Waals surface area contributed by atoms with E-state index in [9.17, 15) is 4.79 Å². The topological polar surface area (TPSA) is 64.3 Å². The van der Waals surface area contributed by atoms with Crippen molar-refractivity contribution in [2.75, 3.05) is 13.2 Å². The summed E-state index contributed by atoms with van der Waals surface area (Å²) in [5.74, 6) is -0.0122. The van der Waals surface area contributed by atoms with E-state index in [0.717, 1.165) is 19.3 Å². The first-order valence-electron chi connectivity index (χ1n) is 6.03. The van der Waals surface area contributed by atoms with Gasteiger partial charge in [-0.15, -0.1) is 0 Å². The highest BCUT2D eigenvalue weighted by Gasteiger charge is 2.24. The van der Waals surface area contributed by atoms with Gasteiger partial charge >= 0.3 is 0 Å². The molecule has 1 heterocycles. The molecule has 0 aromatic carbocycles. The number of hydrogen-bond donors (Lipinski definition) is 2. The second-order valence-electron chi connectivity index (χ2n) is 5.77. The summed E-state index contributed by atoms with van der Waals surface area (Å²) in [7, 11) is 0. The van der Waals surface area contributed by atoms with Gasteiger partial charge in [-0.25, -0.2) is 0 Å². The lowest BCUT2D eigenvalue weighted by Crippen LogP contribution is -2.43. The first-order chi connectivity index (χ1) is 7.38. The molecule has 0 aromatic rings. The van der Waals surface area contributed by atoms with Crippen LogP contribution < -0.4 is 11.1 Å². The van der Waals surface area contributed by atoms with E-state index in [1.54, 1.807) is 0 Å². The molecule has 16 heavy (non-hydrogen) atoms. The Morgan fingerprint density at radius 2 is 2.25 bits per heavy atom. The van der Waals surface area contributed by atoms with E-state index >= 15 is 0 Å². The van der Waals surface area contributed by atoms with Crippen LogP contribution >= 0.6 is 0 Å². The molecule has 3 N–H and O–H groups in total. The molecule has 1 amide bonds. The van der Waals surface area contributed by atoms with Crippen LogP contribution in [-0.2, 0) is 9.53 Å².